The van der Waals surface area contributed by atoms with Crippen LogP contribution < -0.4 is 16.0 Å². The van der Waals surface area contributed by atoms with Crippen molar-refractivity contribution in [2.45, 2.75) is 81.3 Å². The van der Waals surface area contributed by atoms with Crippen LogP contribution in [0.25, 0.3) is 0 Å². The van der Waals surface area contributed by atoms with Gasteiger partial charge in [0.1, 0.15) is 0 Å². The zero-order valence-electron chi connectivity index (χ0n) is 34.2. The SMILES string of the molecule is CCCC[C@@H]1CN(C(=O)c2ccc(C(=O)N3C[C@@H](C(=O)N[C@H]4C[C@@H]4c4ccccc4)[C@H](C(=O)N[C@H]4C[C@@H]4c4ccccc4)C3)cc2)C[C@H]1C(=O)N[C@H]1C[C@@H]1c1ccccc1. The second kappa shape index (κ2) is 17.1. The molecule has 0 bridgehead atoms. The van der Waals surface area contributed by atoms with Crippen LogP contribution in [0.4, 0.5) is 0 Å². The van der Waals surface area contributed by atoms with Crippen LogP contribution in [0, 0.1) is 23.7 Å². The number of benzene rings is 4. The van der Waals surface area contributed by atoms with Crippen molar-refractivity contribution < 1.29 is 24.0 Å². The van der Waals surface area contributed by atoms with E-state index in [0.29, 0.717) is 30.1 Å². The summed E-state index contributed by atoms with van der Waals surface area (Å²) in [6, 6.07) is 37.3. The Morgan fingerprint density at radius 2 is 0.833 bits per heavy atom. The van der Waals surface area contributed by atoms with Gasteiger partial charge in [-0.15, -0.1) is 0 Å². The summed E-state index contributed by atoms with van der Waals surface area (Å²) >= 11 is 0. The van der Waals surface area contributed by atoms with Gasteiger partial charge >= 0.3 is 0 Å². The van der Waals surface area contributed by atoms with Gasteiger partial charge in [-0.3, -0.25) is 24.0 Å². The monoisotopic (exact) mass is 805 g/mol. The zero-order valence-corrected chi connectivity index (χ0v) is 34.2. The molecule has 4 aromatic carbocycles. The van der Waals surface area contributed by atoms with E-state index >= 15 is 0 Å². The van der Waals surface area contributed by atoms with Gasteiger partial charge in [0.05, 0.1) is 17.8 Å². The molecule has 10 nitrogen and oxygen atoms in total. The predicted octanol–water partition coefficient (Wildman–Crippen LogP) is 6.27. The Kier molecular flexibility index (Phi) is 11.3. The number of carbonyl (C=O) groups is 5. The van der Waals surface area contributed by atoms with Crippen molar-refractivity contribution in [2.24, 2.45) is 23.7 Å². The molecular formula is C50H55N5O5. The molecule has 5 fully saturated rings. The van der Waals surface area contributed by atoms with Gasteiger partial charge in [-0.1, -0.05) is 111 Å². The number of nitrogens with zero attached hydrogens (tertiary/aromatic N) is 2. The largest absolute Gasteiger partial charge is 0.352 e. The number of rotatable bonds is 14. The lowest BCUT2D eigenvalue weighted by Crippen LogP contribution is -2.43. The highest BCUT2D eigenvalue weighted by atomic mass is 16.2. The van der Waals surface area contributed by atoms with Crippen LogP contribution in [0.5, 0.6) is 0 Å². The highest BCUT2D eigenvalue weighted by Crippen LogP contribution is 2.43. The number of carbonyl (C=O) groups excluding carboxylic acids is 5. The van der Waals surface area contributed by atoms with Crippen molar-refractivity contribution in [3.05, 3.63) is 143 Å². The first-order chi connectivity index (χ1) is 29.2. The van der Waals surface area contributed by atoms with Crippen LogP contribution in [0.2, 0.25) is 0 Å². The summed E-state index contributed by atoms with van der Waals surface area (Å²) in [6.45, 7) is 3.28. The van der Waals surface area contributed by atoms with E-state index in [1.165, 1.54) is 16.7 Å². The molecule has 10 heteroatoms. The van der Waals surface area contributed by atoms with Crippen LogP contribution in [0.3, 0.4) is 0 Å². The Balaban J connectivity index is 0.841. The predicted molar refractivity (Wildman–Crippen MR) is 229 cm³/mol. The van der Waals surface area contributed by atoms with Gasteiger partial charge in [0.25, 0.3) is 11.8 Å². The highest BCUT2D eigenvalue weighted by molar-refractivity contribution is 5.99. The lowest BCUT2D eigenvalue weighted by atomic mass is 9.90. The fourth-order valence-corrected chi connectivity index (χ4v) is 9.85. The third kappa shape index (κ3) is 8.60. The normalized spacial score (nSPS) is 28.8. The van der Waals surface area contributed by atoms with Crippen LogP contribution >= 0.6 is 0 Å². The maximum absolute atomic E-state index is 14.1. The van der Waals surface area contributed by atoms with Gasteiger partial charge in [0, 0.05) is 73.2 Å². The Bertz CT molecular complexity index is 2120. The Labute approximate surface area is 352 Å². The lowest BCUT2D eigenvalue weighted by Gasteiger charge is -2.18. The number of unbranched alkanes of at least 4 members (excludes halogenated alkanes) is 1. The quantitative estimate of drug-likeness (QED) is 0.139. The first-order valence-electron chi connectivity index (χ1n) is 22.0. The molecule has 60 heavy (non-hydrogen) atoms. The van der Waals surface area contributed by atoms with E-state index in [1.807, 2.05) is 54.6 Å². The van der Waals surface area contributed by atoms with Gasteiger partial charge in [0.2, 0.25) is 17.7 Å². The molecule has 9 rings (SSSR count). The Morgan fingerprint density at radius 1 is 0.483 bits per heavy atom. The molecular weight excluding hydrogens is 751 g/mol. The first-order valence-corrected chi connectivity index (χ1v) is 22.0. The summed E-state index contributed by atoms with van der Waals surface area (Å²) in [5.74, 6) is -1.56. The molecule has 5 amide bonds. The number of likely N-dealkylation sites (tertiary alicyclic amines) is 2. The summed E-state index contributed by atoms with van der Waals surface area (Å²) in [7, 11) is 0. The molecule has 3 N–H and O–H groups in total. The molecule has 0 radical (unpaired) electrons. The molecule has 2 heterocycles. The van der Waals surface area contributed by atoms with Crippen molar-refractivity contribution in [3.63, 3.8) is 0 Å². The molecule has 2 saturated heterocycles. The average Bonchev–Trinajstić information content (AvgIpc) is 4.25. The smallest absolute Gasteiger partial charge is 0.253 e. The van der Waals surface area contributed by atoms with Crippen molar-refractivity contribution in [1.29, 1.82) is 0 Å². The molecule has 3 saturated carbocycles. The van der Waals surface area contributed by atoms with Crippen LogP contribution in [0.15, 0.2) is 115 Å². The number of amides is 5. The lowest BCUT2D eigenvalue weighted by molar-refractivity contribution is -0.133. The summed E-state index contributed by atoms with van der Waals surface area (Å²) in [5, 5.41) is 9.69. The fourth-order valence-electron chi connectivity index (χ4n) is 9.85. The minimum absolute atomic E-state index is 0.00303. The third-order valence-electron chi connectivity index (χ3n) is 13.7. The van der Waals surface area contributed by atoms with Crippen LogP contribution in [-0.2, 0) is 14.4 Å². The fraction of sp³-hybridized carbons (Fsp3) is 0.420. The standard InChI is InChI=1S/C50H55N5O5/c1-2-3-13-36-27-54(28-40(36)46(56)51-43-24-37(43)31-14-7-4-8-15-31)49(59)34-20-22-35(23-21-34)50(60)55-29-41(47(57)52-44-25-38(44)32-16-9-5-10-17-32)42(30-55)48(58)53-45-26-39(45)33-18-11-6-12-19-33/h4-12,14-23,36-45H,2-3,13,24-30H2,1H3,(H,51,56)(H,52,57)(H,53,58)/t36-,37-,38-,39-,40-,41-,42-,43+,44+,45+/m1/s1. The molecule has 5 aliphatic rings. The average molecular weight is 806 g/mol. The molecule has 0 unspecified atom stereocenters. The van der Waals surface area contributed by atoms with Crippen LogP contribution in [0.1, 0.15) is 101 Å². The zero-order chi connectivity index (χ0) is 41.3. The van der Waals surface area contributed by atoms with Crippen LogP contribution in [-0.4, -0.2) is 83.6 Å². The minimum Gasteiger partial charge on any atom is -0.352 e. The Hall–Kier alpha value is -5.77. The van der Waals surface area contributed by atoms with Gasteiger partial charge < -0.3 is 25.8 Å². The molecule has 310 valence electrons. The Morgan fingerprint density at radius 3 is 1.22 bits per heavy atom. The van der Waals surface area contributed by atoms with Crippen molar-refractivity contribution >= 4 is 29.5 Å². The minimum atomic E-state index is -0.689. The molecule has 4 aromatic rings. The van der Waals surface area contributed by atoms with E-state index in [0.717, 1.165) is 38.5 Å². The van der Waals surface area contributed by atoms with Crippen molar-refractivity contribution in [3.8, 4) is 0 Å². The van der Waals surface area contributed by atoms with Gasteiger partial charge in [-0.05, 0) is 72.6 Å². The second-order valence-corrected chi connectivity index (χ2v) is 17.8. The second-order valence-electron chi connectivity index (χ2n) is 17.8. The van der Waals surface area contributed by atoms with E-state index in [4.69, 9.17) is 0 Å². The summed E-state index contributed by atoms with van der Waals surface area (Å²) in [6.07, 6.45) is 5.51. The van der Waals surface area contributed by atoms with E-state index in [-0.39, 0.29) is 84.4 Å². The topological polar surface area (TPSA) is 128 Å². The van der Waals surface area contributed by atoms with E-state index in [1.54, 1.807) is 34.1 Å². The third-order valence-corrected chi connectivity index (χ3v) is 13.7. The van der Waals surface area contributed by atoms with Crippen molar-refractivity contribution in [2.75, 3.05) is 26.2 Å². The highest BCUT2D eigenvalue weighted by Gasteiger charge is 2.49. The summed E-state index contributed by atoms with van der Waals surface area (Å²) in [5.41, 5.74) is 4.45. The molecule has 10 atom stereocenters. The first kappa shape index (κ1) is 39.7. The van der Waals surface area contributed by atoms with Gasteiger partial charge in [-0.25, -0.2) is 0 Å². The molecule has 3 aliphatic carbocycles. The van der Waals surface area contributed by atoms with E-state index in [2.05, 4.69) is 59.3 Å². The van der Waals surface area contributed by atoms with E-state index in [9.17, 15) is 24.0 Å². The van der Waals surface area contributed by atoms with Gasteiger partial charge in [0.15, 0.2) is 0 Å². The number of nitrogens with one attached hydrogen (secondary N) is 3. The number of hydrogen-bond donors (Lipinski definition) is 3. The molecule has 0 aromatic heterocycles. The molecule has 0 spiro atoms. The van der Waals surface area contributed by atoms with Crippen molar-refractivity contribution in [1.82, 2.24) is 25.8 Å². The van der Waals surface area contributed by atoms with Gasteiger partial charge in [-0.2, -0.15) is 0 Å². The molecule has 2 aliphatic heterocycles. The number of hydrogen-bond acceptors (Lipinski definition) is 5. The maximum atomic E-state index is 14.1. The summed E-state index contributed by atoms with van der Waals surface area (Å²) in [4.78, 5) is 72.8. The summed E-state index contributed by atoms with van der Waals surface area (Å²) < 4.78 is 0. The van der Waals surface area contributed by atoms with E-state index < -0.39 is 11.8 Å². The maximum Gasteiger partial charge on any atom is 0.253 e.